The Bertz CT molecular complexity index is 1010. The highest BCUT2D eigenvalue weighted by Crippen LogP contribution is 2.34. The van der Waals surface area contributed by atoms with Crippen LogP contribution in [0.5, 0.6) is 11.5 Å². The zero-order chi connectivity index (χ0) is 23.4. The van der Waals surface area contributed by atoms with Crippen molar-refractivity contribution in [1.29, 1.82) is 0 Å². The first kappa shape index (κ1) is 26.0. The van der Waals surface area contributed by atoms with E-state index in [0.717, 1.165) is 0 Å². The number of carbonyl (C=O) groups is 3. The molecule has 29 heavy (non-hydrogen) atoms. The molecular weight excluding hydrogens is 448 g/mol. The molecule has 0 spiro atoms. The van der Waals surface area contributed by atoms with Gasteiger partial charge in [-0.1, -0.05) is 0 Å². The van der Waals surface area contributed by atoms with E-state index in [9.17, 15) is 31.2 Å². The van der Waals surface area contributed by atoms with Crippen molar-refractivity contribution in [3.63, 3.8) is 0 Å². The standard InChI is InChI=1S/C6H6O8S2.C6H8O7/c7-4-1-3(15(9,10)11)2-5(6(4)8)16(12,13)14;7-3(8)1-6(13,5(11)12)2-4(9)10/h1-2,7-8H,(H,9,10,11)(H,12,13,14);13H,1-2H2,(H,7,8)(H,9,10)(H,11,12). The van der Waals surface area contributed by atoms with Gasteiger partial charge in [-0.3, -0.25) is 18.7 Å². The number of rotatable bonds is 7. The second-order valence-electron chi connectivity index (χ2n) is 5.22. The van der Waals surface area contributed by atoms with E-state index in [1.807, 2.05) is 0 Å². The fourth-order valence-electron chi connectivity index (χ4n) is 1.63. The van der Waals surface area contributed by atoms with Gasteiger partial charge in [0.2, 0.25) is 0 Å². The summed E-state index contributed by atoms with van der Waals surface area (Å²) in [5.41, 5.74) is -2.74. The van der Waals surface area contributed by atoms with Crippen molar-refractivity contribution in [2.45, 2.75) is 28.2 Å². The minimum Gasteiger partial charge on any atom is -0.504 e. The molecule has 0 aliphatic heterocycles. The molecule has 0 aliphatic rings. The number of aliphatic carboxylic acids is 3. The summed E-state index contributed by atoms with van der Waals surface area (Å²) >= 11 is 0. The van der Waals surface area contributed by atoms with E-state index in [-0.39, 0.29) is 0 Å². The number of phenols is 2. The highest BCUT2D eigenvalue weighted by Gasteiger charge is 2.40. The maximum absolute atomic E-state index is 10.7. The number of carboxylic acids is 3. The van der Waals surface area contributed by atoms with E-state index in [0.29, 0.717) is 12.1 Å². The van der Waals surface area contributed by atoms with E-state index < -0.39 is 77.9 Å². The summed E-state index contributed by atoms with van der Waals surface area (Å²) in [6.07, 6.45) is -2.29. The highest BCUT2D eigenvalue weighted by molar-refractivity contribution is 7.86. The molecule has 0 saturated heterocycles. The summed E-state index contributed by atoms with van der Waals surface area (Å²) in [4.78, 5) is 28.3. The van der Waals surface area contributed by atoms with Crippen LogP contribution < -0.4 is 0 Å². The Morgan fingerprint density at radius 1 is 0.828 bits per heavy atom. The minimum absolute atomic E-state index is 0.305. The summed E-state index contributed by atoms with van der Waals surface area (Å²) in [6.45, 7) is 0. The van der Waals surface area contributed by atoms with Crippen LogP contribution in [0, 0.1) is 0 Å². The Labute approximate surface area is 161 Å². The van der Waals surface area contributed by atoms with Gasteiger partial charge in [0.1, 0.15) is 4.90 Å². The molecule has 0 amide bonds. The molecule has 0 fully saturated rings. The van der Waals surface area contributed by atoms with Gasteiger partial charge in [-0.15, -0.1) is 0 Å². The van der Waals surface area contributed by atoms with E-state index in [2.05, 4.69) is 0 Å². The Morgan fingerprint density at radius 2 is 1.24 bits per heavy atom. The fraction of sp³-hybridized carbons (Fsp3) is 0.250. The van der Waals surface area contributed by atoms with Gasteiger partial charge in [0.15, 0.2) is 17.1 Å². The van der Waals surface area contributed by atoms with E-state index >= 15 is 0 Å². The van der Waals surface area contributed by atoms with E-state index in [1.54, 1.807) is 0 Å². The van der Waals surface area contributed by atoms with Crippen molar-refractivity contribution in [1.82, 2.24) is 0 Å². The lowest BCUT2D eigenvalue weighted by atomic mass is 9.96. The SMILES string of the molecule is O=C(O)CC(O)(CC(=O)O)C(=O)O.O=S(=O)(O)c1cc(O)c(O)c(S(=O)(=O)O)c1. The maximum Gasteiger partial charge on any atom is 0.336 e. The Balaban J connectivity index is 0.000000555. The smallest absolute Gasteiger partial charge is 0.336 e. The average molecular weight is 462 g/mol. The Hall–Kier alpha value is -2.99. The van der Waals surface area contributed by atoms with Crippen LogP contribution in [0.15, 0.2) is 21.9 Å². The first-order valence-electron chi connectivity index (χ1n) is 6.71. The van der Waals surface area contributed by atoms with Crippen LogP contribution in [0.25, 0.3) is 0 Å². The number of aliphatic hydroxyl groups is 1. The van der Waals surface area contributed by atoms with Crippen molar-refractivity contribution in [2.24, 2.45) is 0 Å². The maximum atomic E-state index is 10.7. The van der Waals surface area contributed by atoms with Gasteiger partial charge >= 0.3 is 17.9 Å². The Kier molecular flexibility index (Phi) is 8.08. The van der Waals surface area contributed by atoms with Crippen LogP contribution in [0.3, 0.4) is 0 Å². The van der Waals surface area contributed by atoms with Crippen molar-refractivity contribution < 1.29 is 71.0 Å². The molecule has 15 nitrogen and oxygen atoms in total. The third kappa shape index (κ3) is 7.87. The van der Waals surface area contributed by atoms with Crippen molar-refractivity contribution in [3.8, 4) is 11.5 Å². The molecule has 17 heteroatoms. The molecule has 1 rings (SSSR count). The van der Waals surface area contributed by atoms with Gasteiger partial charge in [0.05, 0.1) is 17.7 Å². The molecule has 0 unspecified atom stereocenters. The van der Waals surface area contributed by atoms with Gasteiger partial charge in [-0.05, 0) is 6.07 Å². The predicted molar refractivity (Wildman–Crippen MR) is 86.5 cm³/mol. The number of hydrogen-bond acceptors (Lipinski definition) is 10. The lowest BCUT2D eigenvalue weighted by Crippen LogP contribution is -2.42. The molecule has 0 heterocycles. The topological polar surface area (TPSA) is 281 Å². The molecule has 164 valence electrons. The zero-order valence-corrected chi connectivity index (χ0v) is 15.5. The average Bonchev–Trinajstić information content (AvgIpc) is 2.46. The summed E-state index contributed by atoms with van der Waals surface area (Å²) < 4.78 is 59.9. The first-order chi connectivity index (χ1) is 12.8. The highest BCUT2D eigenvalue weighted by atomic mass is 32.2. The van der Waals surface area contributed by atoms with Crippen LogP contribution in [-0.4, -0.2) is 80.1 Å². The van der Waals surface area contributed by atoms with E-state index in [4.69, 9.17) is 39.7 Å². The van der Waals surface area contributed by atoms with Crippen LogP contribution >= 0.6 is 0 Å². The van der Waals surface area contributed by atoms with Crippen LogP contribution in [0.2, 0.25) is 0 Å². The summed E-state index contributed by atoms with van der Waals surface area (Å²) in [7, 11) is -9.70. The summed E-state index contributed by atoms with van der Waals surface area (Å²) in [5.74, 6) is -7.34. The summed E-state index contributed by atoms with van der Waals surface area (Å²) in [5, 5.41) is 51.9. The van der Waals surface area contributed by atoms with Crippen molar-refractivity contribution in [3.05, 3.63) is 12.1 Å². The molecular formula is C12H14O15S2. The third-order valence-electron chi connectivity index (χ3n) is 2.89. The van der Waals surface area contributed by atoms with Crippen LogP contribution in [-0.2, 0) is 34.6 Å². The number of phenolic OH excluding ortho intramolecular Hbond substituents is 2. The van der Waals surface area contributed by atoms with Crippen molar-refractivity contribution >= 4 is 38.1 Å². The molecule has 0 aliphatic carbocycles. The van der Waals surface area contributed by atoms with Crippen LogP contribution in [0.1, 0.15) is 12.8 Å². The number of aromatic hydroxyl groups is 2. The second-order valence-corrected chi connectivity index (χ2v) is 8.03. The number of carboxylic acid groups (broad SMARTS) is 3. The molecule has 0 radical (unpaired) electrons. The largest absolute Gasteiger partial charge is 0.504 e. The lowest BCUT2D eigenvalue weighted by molar-refractivity contribution is -0.170. The minimum atomic E-state index is -4.92. The molecule has 1 aromatic rings. The van der Waals surface area contributed by atoms with Gasteiger partial charge < -0.3 is 30.6 Å². The third-order valence-corrected chi connectivity index (χ3v) is 4.59. The zero-order valence-electron chi connectivity index (χ0n) is 13.8. The molecule has 0 atom stereocenters. The normalized spacial score (nSPS) is 11.8. The molecule has 0 aromatic heterocycles. The molecule has 0 saturated carbocycles. The number of benzene rings is 1. The first-order valence-corrected chi connectivity index (χ1v) is 9.59. The molecule has 1 aromatic carbocycles. The second kappa shape index (κ2) is 9.01. The van der Waals surface area contributed by atoms with Crippen LogP contribution in [0.4, 0.5) is 0 Å². The van der Waals surface area contributed by atoms with Crippen molar-refractivity contribution in [2.75, 3.05) is 0 Å². The molecule has 8 N–H and O–H groups in total. The van der Waals surface area contributed by atoms with Gasteiger partial charge in [-0.25, -0.2) is 4.79 Å². The van der Waals surface area contributed by atoms with Gasteiger partial charge in [0, 0.05) is 6.07 Å². The quantitative estimate of drug-likeness (QED) is 0.166. The fourth-order valence-corrected chi connectivity index (χ4v) is 2.85. The Morgan fingerprint density at radius 3 is 1.52 bits per heavy atom. The van der Waals surface area contributed by atoms with Gasteiger partial charge in [-0.2, -0.15) is 16.8 Å². The predicted octanol–water partition coefficient (Wildman–Crippen LogP) is -1.66. The number of hydrogen-bond donors (Lipinski definition) is 8. The van der Waals surface area contributed by atoms with E-state index in [1.165, 1.54) is 0 Å². The molecule has 0 bridgehead atoms. The lowest BCUT2D eigenvalue weighted by Gasteiger charge is -2.18. The monoisotopic (exact) mass is 462 g/mol. The van der Waals surface area contributed by atoms with Gasteiger partial charge in [0.25, 0.3) is 20.2 Å². The summed E-state index contributed by atoms with van der Waals surface area (Å²) in [6, 6.07) is 0.735.